The second kappa shape index (κ2) is 3.86. The first-order chi connectivity index (χ1) is 10.4. The lowest BCUT2D eigenvalue weighted by Gasteiger charge is -2.04. The third-order valence-electron chi connectivity index (χ3n) is 4.37. The maximum atomic E-state index is 3.55. The summed E-state index contributed by atoms with van der Waals surface area (Å²) in [6.45, 7) is 0. The Labute approximate surface area is 121 Å². The lowest BCUT2D eigenvalue weighted by molar-refractivity contribution is 1.51. The van der Waals surface area contributed by atoms with Crippen LogP contribution in [-0.2, 0) is 0 Å². The van der Waals surface area contributed by atoms with Crippen molar-refractivity contribution in [2.45, 2.75) is 0 Å². The molecular formula is C20H13N. The average molecular weight is 267 g/mol. The molecule has 0 fully saturated rings. The number of para-hydroxylation sites is 1. The molecule has 0 aliphatic heterocycles. The highest BCUT2D eigenvalue weighted by atomic mass is 14.7. The predicted molar refractivity (Wildman–Crippen MR) is 90.8 cm³/mol. The Morgan fingerprint density at radius 3 is 2.19 bits per heavy atom. The minimum Gasteiger partial charge on any atom is -0.355 e. The van der Waals surface area contributed by atoms with E-state index in [1.54, 1.807) is 0 Å². The van der Waals surface area contributed by atoms with Gasteiger partial charge in [-0.1, -0.05) is 48.5 Å². The van der Waals surface area contributed by atoms with E-state index in [0.29, 0.717) is 0 Å². The molecule has 0 bridgehead atoms. The molecule has 21 heavy (non-hydrogen) atoms. The van der Waals surface area contributed by atoms with Gasteiger partial charge in [0.1, 0.15) is 0 Å². The zero-order chi connectivity index (χ0) is 13.8. The Morgan fingerprint density at radius 1 is 0.476 bits per heavy atom. The van der Waals surface area contributed by atoms with Crippen LogP contribution in [0, 0.1) is 0 Å². The van der Waals surface area contributed by atoms with Crippen LogP contribution in [0.1, 0.15) is 0 Å². The van der Waals surface area contributed by atoms with Gasteiger partial charge in [0, 0.05) is 16.4 Å². The molecule has 4 aromatic carbocycles. The maximum absolute atomic E-state index is 3.55. The highest BCUT2D eigenvalue weighted by Gasteiger charge is 2.07. The Balaban J connectivity index is 2.05. The van der Waals surface area contributed by atoms with Crippen LogP contribution in [-0.4, -0.2) is 4.98 Å². The molecule has 5 aromatic rings. The van der Waals surface area contributed by atoms with E-state index in [-0.39, 0.29) is 0 Å². The van der Waals surface area contributed by atoms with E-state index in [2.05, 4.69) is 77.8 Å². The summed E-state index contributed by atoms with van der Waals surface area (Å²) in [4.78, 5) is 3.55. The van der Waals surface area contributed by atoms with E-state index < -0.39 is 0 Å². The van der Waals surface area contributed by atoms with Gasteiger partial charge in [-0.2, -0.15) is 0 Å². The van der Waals surface area contributed by atoms with Gasteiger partial charge in [-0.15, -0.1) is 0 Å². The summed E-state index contributed by atoms with van der Waals surface area (Å²) >= 11 is 0. The van der Waals surface area contributed by atoms with Gasteiger partial charge in [-0.25, -0.2) is 0 Å². The summed E-state index contributed by atoms with van der Waals surface area (Å²) in [6, 6.07) is 26.1. The van der Waals surface area contributed by atoms with Crippen LogP contribution in [0.25, 0.3) is 43.4 Å². The van der Waals surface area contributed by atoms with E-state index in [0.717, 1.165) is 0 Å². The van der Waals surface area contributed by atoms with Crippen LogP contribution < -0.4 is 0 Å². The van der Waals surface area contributed by atoms with Crippen molar-refractivity contribution in [3.8, 4) is 0 Å². The van der Waals surface area contributed by atoms with Crippen molar-refractivity contribution in [1.29, 1.82) is 0 Å². The van der Waals surface area contributed by atoms with E-state index in [1.165, 1.54) is 43.4 Å². The smallest absolute Gasteiger partial charge is 0.0464 e. The van der Waals surface area contributed by atoms with Crippen molar-refractivity contribution in [2.24, 2.45) is 0 Å². The fraction of sp³-hybridized carbons (Fsp3) is 0. The number of hydrogen-bond acceptors (Lipinski definition) is 0. The number of rotatable bonds is 0. The quantitative estimate of drug-likeness (QED) is 0.350. The molecule has 98 valence electrons. The van der Waals surface area contributed by atoms with Crippen molar-refractivity contribution in [1.82, 2.24) is 4.98 Å². The van der Waals surface area contributed by atoms with Gasteiger partial charge in [0.15, 0.2) is 0 Å². The summed E-state index contributed by atoms with van der Waals surface area (Å²) in [5.74, 6) is 0. The Bertz CT molecular complexity index is 1130. The maximum Gasteiger partial charge on any atom is 0.0464 e. The first-order valence-corrected chi connectivity index (χ1v) is 7.22. The monoisotopic (exact) mass is 267 g/mol. The first-order valence-electron chi connectivity index (χ1n) is 7.22. The molecule has 1 aromatic heterocycles. The molecule has 0 amide bonds. The molecule has 1 heteroatoms. The largest absolute Gasteiger partial charge is 0.355 e. The first kappa shape index (κ1) is 10.9. The van der Waals surface area contributed by atoms with Crippen molar-refractivity contribution in [3.63, 3.8) is 0 Å². The third-order valence-corrected chi connectivity index (χ3v) is 4.37. The summed E-state index contributed by atoms with van der Waals surface area (Å²) in [5, 5.41) is 7.86. The number of nitrogens with one attached hydrogen (secondary N) is 1. The third kappa shape index (κ3) is 1.46. The minimum absolute atomic E-state index is 1.18. The number of benzene rings is 3. The second-order valence-electron chi connectivity index (χ2n) is 5.58. The molecule has 0 aliphatic carbocycles. The Hall–Kier alpha value is -2.80. The van der Waals surface area contributed by atoms with Crippen LogP contribution >= 0.6 is 0 Å². The standard InChI is InChI=1S/C20H13N/c1-3-7-15-13(5-1)11-17-16(15)9-10-20-18(17)12-14-6-2-4-8-19(14)21-20/h1-12,21H. The Kier molecular flexibility index (Phi) is 2.01. The van der Waals surface area contributed by atoms with Gasteiger partial charge < -0.3 is 4.98 Å². The van der Waals surface area contributed by atoms with Crippen molar-refractivity contribution < 1.29 is 0 Å². The molecule has 1 heterocycles. The molecule has 0 spiro atoms. The normalized spacial score (nSPS) is 11.8. The number of hydrogen-bond donors (Lipinski definition) is 1. The number of aromatic nitrogens is 1. The molecular weight excluding hydrogens is 254 g/mol. The van der Waals surface area contributed by atoms with Crippen molar-refractivity contribution in [3.05, 3.63) is 72.8 Å². The van der Waals surface area contributed by atoms with Crippen LogP contribution in [0.2, 0.25) is 0 Å². The molecule has 5 rings (SSSR count). The number of pyridine rings is 1. The summed E-state index contributed by atoms with van der Waals surface area (Å²) in [6.07, 6.45) is 0. The molecule has 0 radical (unpaired) electrons. The number of H-pyrrole nitrogens is 1. The fourth-order valence-corrected chi connectivity index (χ4v) is 3.35. The minimum atomic E-state index is 1.18. The van der Waals surface area contributed by atoms with E-state index in [4.69, 9.17) is 0 Å². The summed E-state index contributed by atoms with van der Waals surface area (Å²) < 4.78 is 0. The highest BCUT2D eigenvalue weighted by Crippen LogP contribution is 2.34. The van der Waals surface area contributed by atoms with E-state index >= 15 is 0 Å². The zero-order valence-corrected chi connectivity index (χ0v) is 11.4. The second-order valence-corrected chi connectivity index (χ2v) is 5.58. The van der Waals surface area contributed by atoms with Gasteiger partial charge in [0.2, 0.25) is 0 Å². The fourth-order valence-electron chi connectivity index (χ4n) is 3.35. The molecule has 0 atom stereocenters. The van der Waals surface area contributed by atoms with Gasteiger partial charge >= 0.3 is 0 Å². The van der Waals surface area contributed by atoms with E-state index in [9.17, 15) is 0 Å². The van der Waals surface area contributed by atoms with Gasteiger partial charge in [0.25, 0.3) is 0 Å². The predicted octanol–water partition coefficient (Wildman–Crippen LogP) is 5.63. The summed E-state index contributed by atoms with van der Waals surface area (Å²) in [7, 11) is 0. The number of fused-ring (bicyclic) bond motifs is 6. The molecule has 0 saturated carbocycles. The lowest BCUT2D eigenvalue weighted by Crippen LogP contribution is -1.82. The Morgan fingerprint density at radius 2 is 1.24 bits per heavy atom. The van der Waals surface area contributed by atoms with Crippen molar-refractivity contribution in [2.75, 3.05) is 0 Å². The SMILES string of the molecule is c1ccc2[nH]c3ccc4c5ccccc5cc4c3cc2c1. The average Bonchev–Trinajstić information content (AvgIpc) is 2.92. The van der Waals surface area contributed by atoms with Crippen LogP contribution in [0.5, 0.6) is 0 Å². The van der Waals surface area contributed by atoms with Gasteiger partial charge in [-0.05, 0) is 51.2 Å². The molecule has 0 saturated heterocycles. The van der Waals surface area contributed by atoms with Gasteiger partial charge in [0.05, 0.1) is 0 Å². The van der Waals surface area contributed by atoms with E-state index in [1.807, 2.05) is 0 Å². The van der Waals surface area contributed by atoms with Crippen LogP contribution in [0.4, 0.5) is 0 Å². The topological polar surface area (TPSA) is 15.8 Å². The number of aromatic amines is 1. The molecule has 1 nitrogen and oxygen atoms in total. The lowest BCUT2D eigenvalue weighted by atomic mass is 10.1. The summed E-state index contributed by atoms with van der Waals surface area (Å²) in [5.41, 5.74) is 2.37. The zero-order valence-electron chi connectivity index (χ0n) is 11.4. The van der Waals surface area contributed by atoms with Crippen LogP contribution in [0.15, 0.2) is 72.8 Å². The highest BCUT2D eigenvalue weighted by molar-refractivity contribution is 6.21. The van der Waals surface area contributed by atoms with Gasteiger partial charge in [-0.3, -0.25) is 0 Å². The van der Waals surface area contributed by atoms with Crippen molar-refractivity contribution >= 4 is 43.4 Å². The molecule has 1 N–H and O–H groups in total. The van der Waals surface area contributed by atoms with Crippen LogP contribution in [0.3, 0.4) is 0 Å². The molecule has 0 unspecified atom stereocenters. The molecule has 0 aliphatic rings.